The quantitative estimate of drug-likeness (QED) is 0.401. The lowest BCUT2D eigenvalue weighted by atomic mass is 10.0. The molecular weight excluding hydrogens is 386 g/mol. The lowest BCUT2D eigenvalue weighted by Gasteiger charge is -2.13. The molecule has 0 atom stereocenters. The SMILES string of the molecule is CCC(CC)C(=O)NCCCCCc1nc2ccccc2n1Cc1ccccc1OC. The number of para-hydroxylation sites is 3. The molecule has 1 N–H and O–H groups in total. The lowest BCUT2D eigenvalue weighted by Crippen LogP contribution is -2.30. The van der Waals surface area contributed by atoms with Gasteiger partial charge in [0.2, 0.25) is 5.91 Å². The minimum Gasteiger partial charge on any atom is -0.496 e. The van der Waals surface area contributed by atoms with Crippen molar-refractivity contribution in [2.24, 2.45) is 5.92 Å². The molecule has 0 aliphatic rings. The summed E-state index contributed by atoms with van der Waals surface area (Å²) in [5, 5.41) is 3.09. The van der Waals surface area contributed by atoms with E-state index < -0.39 is 0 Å². The van der Waals surface area contributed by atoms with Gasteiger partial charge < -0.3 is 14.6 Å². The first-order valence-corrected chi connectivity index (χ1v) is 11.5. The van der Waals surface area contributed by atoms with E-state index in [0.717, 1.165) is 79.8 Å². The van der Waals surface area contributed by atoms with Gasteiger partial charge in [-0.2, -0.15) is 0 Å². The zero-order valence-electron chi connectivity index (χ0n) is 19.1. The van der Waals surface area contributed by atoms with Crippen molar-refractivity contribution >= 4 is 16.9 Å². The molecule has 0 bridgehead atoms. The lowest BCUT2D eigenvalue weighted by molar-refractivity contribution is -0.125. The van der Waals surface area contributed by atoms with Gasteiger partial charge in [0.1, 0.15) is 11.6 Å². The van der Waals surface area contributed by atoms with E-state index in [9.17, 15) is 4.79 Å². The van der Waals surface area contributed by atoms with E-state index in [1.165, 1.54) is 0 Å². The molecule has 3 aromatic rings. The average Bonchev–Trinajstić information content (AvgIpc) is 3.14. The van der Waals surface area contributed by atoms with Crippen LogP contribution in [0, 0.1) is 5.92 Å². The second kappa shape index (κ2) is 11.5. The number of aromatic nitrogens is 2. The average molecular weight is 422 g/mol. The van der Waals surface area contributed by atoms with Crippen LogP contribution in [0.25, 0.3) is 11.0 Å². The molecule has 0 fully saturated rings. The molecule has 0 saturated heterocycles. The topological polar surface area (TPSA) is 56.2 Å². The molecule has 5 nitrogen and oxygen atoms in total. The molecule has 3 rings (SSSR count). The van der Waals surface area contributed by atoms with Crippen LogP contribution in [0.3, 0.4) is 0 Å². The van der Waals surface area contributed by atoms with Crippen LogP contribution < -0.4 is 10.1 Å². The van der Waals surface area contributed by atoms with Crippen molar-refractivity contribution in [2.75, 3.05) is 13.7 Å². The number of carbonyl (C=O) groups is 1. The first kappa shape index (κ1) is 22.9. The normalized spacial score (nSPS) is 11.2. The van der Waals surface area contributed by atoms with Crippen LogP contribution >= 0.6 is 0 Å². The van der Waals surface area contributed by atoms with Gasteiger partial charge in [0.25, 0.3) is 0 Å². The van der Waals surface area contributed by atoms with E-state index in [2.05, 4.69) is 48.0 Å². The van der Waals surface area contributed by atoms with Crippen LogP contribution in [0.15, 0.2) is 48.5 Å². The molecule has 2 aromatic carbocycles. The van der Waals surface area contributed by atoms with Crippen LogP contribution in [0.5, 0.6) is 5.75 Å². The zero-order chi connectivity index (χ0) is 22.1. The molecular formula is C26H35N3O2. The third kappa shape index (κ3) is 5.87. The first-order valence-electron chi connectivity index (χ1n) is 11.5. The maximum absolute atomic E-state index is 12.1. The second-order valence-corrected chi connectivity index (χ2v) is 8.03. The van der Waals surface area contributed by atoms with Crippen molar-refractivity contribution in [1.29, 1.82) is 0 Å². The number of nitrogens with one attached hydrogen (secondary N) is 1. The fourth-order valence-corrected chi connectivity index (χ4v) is 4.10. The predicted molar refractivity (Wildman–Crippen MR) is 126 cm³/mol. The minimum absolute atomic E-state index is 0.148. The highest BCUT2D eigenvalue weighted by molar-refractivity contribution is 5.78. The summed E-state index contributed by atoms with van der Waals surface area (Å²) in [4.78, 5) is 17.0. The summed E-state index contributed by atoms with van der Waals surface area (Å²) in [6, 6.07) is 16.5. The Labute approximate surface area is 185 Å². The number of amides is 1. The standard InChI is InChI=1S/C26H35N3O2/c1-4-20(5-2)26(30)27-18-12-6-7-17-25-28-22-14-9-10-15-23(22)29(25)19-21-13-8-11-16-24(21)31-3/h8-11,13-16,20H,4-7,12,17-19H2,1-3H3,(H,27,30). The summed E-state index contributed by atoms with van der Waals surface area (Å²) in [5.41, 5.74) is 3.34. The van der Waals surface area contributed by atoms with Gasteiger partial charge in [0.05, 0.1) is 24.7 Å². The summed E-state index contributed by atoms with van der Waals surface area (Å²) >= 11 is 0. The number of hydrogen-bond donors (Lipinski definition) is 1. The third-order valence-electron chi connectivity index (χ3n) is 5.99. The Balaban J connectivity index is 1.61. The molecule has 0 aliphatic carbocycles. The summed E-state index contributed by atoms with van der Waals surface area (Å²) in [6.07, 6.45) is 5.86. The fourth-order valence-electron chi connectivity index (χ4n) is 4.10. The van der Waals surface area contributed by atoms with Crippen LogP contribution in [0.2, 0.25) is 0 Å². The molecule has 0 unspecified atom stereocenters. The maximum Gasteiger partial charge on any atom is 0.223 e. The molecule has 5 heteroatoms. The molecule has 166 valence electrons. The number of ether oxygens (including phenoxy) is 1. The predicted octanol–water partition coefficient (Wildman–Crippen LogP) is 5.36. The Morgan fingerprint density at radius 2 is 1.77 bits per heavy atom. The zero-order valence-corrected chi connectivity index (χ0v) is 19.1. The van der Waals surface area contributed by atoms with Gasteiger partial charge in [-0.15, -0.1) is 0 Å². The molecule has 31 heavy (non-hydrogen) atoms. The molecule has 0 aliphatic heterocycles. The van der Waals surface area contributed by atoms with E-state index in [4.69, 9.17) is 9.72 Å². The van der Waals surface area contributed by atoms with Crippen LogP contribution in [0.4, 0.5) is 0 Å². The van der Waals surface area contributed by atoms with E-state index >= 15 is 0 Å². The number of imidazole rings is 1. The molecule has 0 spiro atoms. The molecule has 0 saturated carbocycles. The van der Waals surface area contributed by atoms with Crippen molar-refractivity contribution in [3.05, 3.63) is 59.9 Å². The number of aryl methyl sites for hydroxylation is 1. The highest BCUT2D eigenvalue weighted by Crippen LogP contribution is 2.24. The number of methoxy groups -OCH3 is 1. The van der Waals surface area contributed by atoms with Gasteiger partial charge in [0.15, 0.2) is 0 Å². The van der Waals surface area contributed by atoms with Crippen LogP contribution in [0.1, 0.15) is 57.3 Å². The van der Waals surface area contributed by atoms with Crippen LogP contribution in [-0.2, 0) is 17.8 Å². The van der Waals surface area contributed by atoms with Crippen molar-refractivity contribution in [2.45, 2.75) is 58.9 Å². The minimum atomic E-state index is 0.148. The van der Waals surface area contributed by atoms with E-state index in [1.54, 1.807) is 7.11 Å². The number of rotatable bonds is 12. The Morgan fingerprint density at radius 3 is 2.55 bits per heavy atom. The number of carbonyl (C=O) groups excluding carboxylic acids is 1. The summed E-state index contributed by atoms with van der Waals surface area (Å²) in [5.74, 6) is 2.35. The molecule has 1 aromatic heterocycles. The number of nitrogens with zero attached hydrogens (tertiary/aromatic N) is 2. The third-order valence-corrected chi connectivity index (χ3v) is 5.99. The first-order chi connectivity index (χ1) is 15.2. The number of hydrogen-bond acceptors (Lipinski definition) is 3. The van der Waals surface area contributed by atoms with Crippen LogP contribution in [-0.4, -0.2) is 29.1 Å². The van der Waals surface area contributed by atoms with Gasteiger partial charge in [-0.05, 0) is 43.9 Å². The van der Waals surface area contributed by atoms with Crippen molar-refractivity contribution in [3.63, 3.8) is 0 Å². The number of benzene rings is 2. The number of unbranched alkanes of at least 4 members (excludes halogenated alkanes) is 2. The van der Waals surface area contributed by atoms with Gasteiger partial charge in [-0.3, -0.25) is 4.79 Å². The van der Waals surface area contributed by atoms with Crippen molar-refractivity contribution in [3.8, 4) is 5.75 Å². The molecule has 0 radical (unpaired) electrons. The monoisotopic (exact) mass is 421 g/mol. The van der Waals surface area contributed by atoms with Gasteiger partial charge in [-0.1, -0.05) is 50.6 Å². The molecule has 1 amide bonds. The van der Waals surface area contributed by atoms with Gasteiger partial charge in [-0.25, -0.2) is 4.98 Å². The van der Waals surface area contributed by atoms with E-state index in [-0.39, 0.29) is 11.8 Å². The summed E-state index contributed by atoms with van der Waals surface area (Å²) in [7, 11) is 1.72. The molecule has 1 heterocycles. The largest absolute Gasteiger partial charge is 0.496 e. The second-order valence-electron chi connectivity index (χ2n) is 8.03. The van der Waals surface area contributed by atoms with Crippen molar-refractivity contribution in [1.82, 2.24) is 14.9 Å². The van der Waals surface area contributed by atoms with E-state index in [1.807, 2.05) is 24.3 Å². The highest BCUT2D eigenvalue weighted by atomic mass is 16.5. The summed E-state index contributed by atoms with van der Waals surface area (Å²) < 4.78 is 7.86. The summed E-state index contributed by atoms with van der Waals surface area (Å²) in [6.45, 7) is 5.65. The van der Waals surface area contributed by atoms with Gasteiger partial charge in [0, 0.05) is 24.4 Å². The fraction of sp³-hybridized carbons (Fsp3) is 0.462. The Bertz CT molecular complexity index is 976. The Kier molecular flexibility index (Phi) is 8.51. The smallest absolute Gasteiger partial charge is 0.223 e. The maximum atomic E-state index is 12.1. The Hall–Kier alpha value is -2.82. The highest BCUT2D eigenvalue weighted by Gasteiger charge is 2.14. The number of fused-ring (bicyclic) bond motifs is 1. The van der Waals surface area contributed by atoms with Crippen molar-refractivity contribution < 1.29 is 9.53 Å². The van der Waals surface area contributed by atoms with E-state index in [0.29, 0.717) is 0 Å². The van der Waals surface area contributed by atoms with Gasteiger partial charge >= 0.3 is 0 Å². The Morgan fingerprint density at radius 1 is 1.03 bits per heavy atom.